The Kier molecular flexibility index (Phi) is 5.11. The maximum atomic E-state index is 12.5. The predicted molar refractivity (Wildman–Crippen MR) is 86.6 cm³/mol. The highest BCUT2D eigenvalue weighted by atomic mass is 35.5. The summed E-state index contributed by atoms with van der Waals surface area (Å²) in [4.78, 5) is 24.6. The van der Waals surface area contributed by atoms with Gasteiger partial charge in [-0.1, -0.05) is 18.5 Å². The third kappa shape index (κ3) is 3.92. The van der Waals surface area contributed by atoms with Crippen LogP contribution in [0.5, 0.6) is 5.75 Å². The molecule has 1 heterocycles. The molecule has 0 aromatic heterocycles. The maximum Gasteiger partial charge on any atom is 0.312 e. The lowest BCUT2D eigenvalue weighted by Crippen LogP contribution is -2.41. The maximum absolute atomic E-state index is 12.5. The van der Waals surface area contributed by atoms with Gasteiger partial charge in [0.1, 0.15) is 0 Å². The van der Waals surface area contributed by atoms with Gasteiger partial charge in [-0.2, -0.15) is 0 Å². The molecule has 1 fully saturated rings. The van der Waals surface area contributed by atoms with Crippen LogP contribution in [0, 0.1) is 15.5 Å². The highest BCUT2D eigenvalue weighted by Gasteiger charge is 2.37. The smallest absolute Gasteiger partial charge is 0.312 e. The van der Waals surface area contributed by atoms with Gasteiger partial charge in [-0.15, -0.1) is 0 Å². The number of carbonyl (C=O) groups excluding carboxylic acids is 1. The van der Waals surface area contributed by atoms with Gasteiger partial charge >= 0.3 is 5.69 Å². The van der Waals surface area contributed by atoms with Crippen molar-refractivity contribution in [3.8, 4) is 5.75 Å². The molecule has 2 N–H and O–H groups in total. The first kappa shape index (κ1) is 17.5. The summed E-state index contributed by atoms with van der Waals surface area (Å²) in [5.41, 5.74) is 5.40. The standard InChI is InChI=1S/C15H20ClN3O4/c1-10(14(20)18-6-5-15(2,8-17)9-18)23-13-4-3-11(16)7-12(13)19(21)22/h3-4,7,10H,5-6,8-9,17H2,1-2H3. The Morgan fingerprint density at radius 2 is 2.30 bits per heavy atom. The first-order valence-electron chi connectivity index (χ1n) is 7.35. The number of carbonyl (C=O) groups is 1. The van der Waals surface area contributed by atoms with Crippen LogP contribution in [0.4, 0.5) is 5.69 Å². The number of nitrogens with zero attached hydrogens (tertiary/aromatic N) is 2. The quantitative estimate of drug-likeness (QED) is 0.654. The van der Waals surface area contributed by atoms with E-state index in [1.165, 1.54) is 18.2 Å². The molecule has 2 atom stereocenters. The number of likely N-dealkylation sites (tertiary alicyclic amines) is 1. The fraction of sp³-hybridized carbons (Fsp3) is 0.533. The van der Waals surface area contributed by atoms with Gasteiger partial charge < -0.3 is 15.4 Å². The van der Waals surface area contributed by atoms with E-state index in [4.69, 9.17) is 22.1 Å². The number of halogens is 1. The summed E-state index contributed by atoms with van der Waals surface area (Å²) in [5, 5.41) is 11.3. The van der Waals surface area contributed by atoms with Crippen LogP contribution in [-0.4, -0.2) is 41.5 Å². The normalized spacial score (nSPS) is 22.0. The monoisotopic (exact) mass is 341 g/mol. The number of amides is 1. The molecule has 0 bridgehead atoms. The Bertz CT molecular complexity index is 625. The SMILES string of the molecule is CC(Oc1ccc(Cl)cc1[N+](=O)[O-])C(=O)N1CCC(C)(CN)C1. The van der Waals surface area contributed by atoms with E-state index in [1.807, 2.05) is 6.92 Å². The van der Waals surface area contributed by atoms with E-state index >= 15 is 0 Å². The molecule has 1 saturated heterocycles. The number of hydrogen-bond acceptors (Lipinski definition) is 5. The number of nitro groups is 1. The van der Waals surface area contributed by atoms with Crippen molar-refractivity contribution >= 4 is 23.2 Å². The fourth-order valence-corrected chi connectivity index (χ4v) is 2.78. The van der Waals surface area contributed by atoms with Crippen molar-refractivity contribution in [2.75, 3.05) is 19.6 Å². The molecule has 0 spiro atoms. The highest BCUT2D eigenvalue weighted by Crippen LogP contribution is 2.32. The van der Waals surface area contributed by atoms with Crippen LogP contribution in [0.15, 0.2) is 18.2 Å². The molecule has 0 radical (unpaired) electrons. The molecule has 2 rings (SSSR count). The molecule has 126 valence electrons. The Morgan fingerprint density at radius 1 is 1.61 bits per heavy atom. The molecule has 1 aromatic carbocycles. The van der Waals surface area contributed by atoms with Gasteiger partial charge in [0, 0.05) is 24.2 Å². The van der Waals surface area contributed by atoms with Gasteiger partial charge in [0.15, 0.2) is 11.9 Å². The van der Waals surface area contributed by atoms with Crippen LogP contribution in [0.25, 0.3) is 0 Å². The zero-order valence-electron chi connectivity index (χ0n) is 13.1. The van der Waals surface area contributed by atoms with E-state index in [0.29, 0.717) is 19.6 Å². The molecule has 2 unspecified atom stereocenters. The van der Waals surface area contributed by atoms with E-state index in [0.717, 1.165) is 6.42 Å². The van der Waals surface area contributed by atoms with Gasteiger partial charge in [0.25, 0.3) is 5.91 Å². The second kappa shape index (κ2) is 6.72. The zero-order valence-corrected chi connectivity index (χ0v) is 13.9. The number of hydrogen-bond donors (Lipinski definition) is 1. The predicted octanol–water partition coefficient (Wildman–Crippen LogP) is 2.21. The van der Waals surface area contributed by atoms with E-state index in [-0.39, 0.29) is 27.8 Å². The average Bonchev–Trinajstić information content (AvgIpc) is 2.91. The molecule has 1 aliphatic heterocycles. The van der Waals surface area contributed by atoms with Crippen molar-refractivity contribution in [3.63, 3.8) is 0 Å². The van der Waals surface area contributed by atoms with Gasteiger partial charge in [-0.25, -0.2) is 0 Å². The summed E-state index contributed by atoms with van der Waals surface area (Å²) < 4.78 is 5.52. The van der Waals surface area contributed by atoms with Crippen LogP contribution in [-0.2, 0) is 4.79 Å². The van der Waals surface area contributed by atoms with Gasteiger partial charge in [0.2, 0.25) is 0 Å². The lowest BCUT2D eigenvalue weighted by atomic mass is 9.90. The van der Waals surface area contributed by atoms with E-state index in [2.05, 4.69) is 0 Å². The number of nitro benzene ring substituents is 1. The summed E-state index contributed by atoms with van der Waals surface area (Å²) in [5.74, 6) is -0.174. The number of ether oxygens (including phenoxy) is 1. The average molecular weight is 342 g/mol. The summed E-state index contributed by atoms with van der Waals surface area (Å²) in [6, 6.07) is 4.09. The van der Waals surface area contributed by atoms with Crippen molar-refractivity contribution in [1.82, 2.24) is 4.90 Å². The molecular weight excluding hydrogens is 322 g/mol. The number of rotatable bonds is 5. The molecule has 8 heteroatoms. The molecular formula is C15H20ClN3O4. The molecule has 7 nitrogen and oxygen atoms in total. The molecule has 1 aliphatic rings. The molecule has 1 aromatic rings. The Labute approximate surface area is 139 Å². The first-order chi connectivity index (χ1) is 10.8. The topological polar surface area (TPSA) is 98.7 Å². The van der Waals surface area contributed by atoms with Crippen molar-refractivity contribution in [2.45, 2.75) is 26.4 Å². The minimum atomic E-state index is -0.824. The Hall–Kier alpha value is -1.86. The van der Waals surface area contributed by atoms with E-state index in [9.17, 15) is 14.9 Å². The zero-order chi connectivity index (χ0) is 17.2. The lowest BCUT2D eigenvalue weighted by Gasteiger charge is -2.25. The Morgan fingerprint density at radius 3 is 2.87 bits per heavy atom. The summed E-state index contributed by atoms with van der Waals surface area (Å²) in [6.07, 6.45) is 0.0123. The number of benzene rings is 1. The first-order valence-corrected chi connectivity index (χ1v) is 7.73. The molecule has 23 heavy (non-hydrogen) atoms. The second-order valence-corrected chi connectivity index (χ2v) is 6.59. The summed E-state index contributed by atoms with van der Waals surface area (Å²) >= 11 is 5.76. The van der Waals surface area contributed by atoms with Gasteiger partial charge in [0.05, 0.1) is 4.92 Å². The highest BCUT2D eigenvalue weighted by molar-refractivity contribution is 6.30. The second-order valence-electron chi connectivity index (χ2n) is 6.15. The van der Waals surface area contributed by atoms with Crippen molar-refractivity contribution in [1.29, 1.82) is 0 Å². The minimum Gasteiger partial charge on any atom is -0.474 e. The third-order valence-corrected chi connectivity index (χ3v) is 4.37. The number of nitrogens with two attached hydrogens (primary N) is 1. The van der Waals surface area contributed by atoms with Crippen LogP contribution in [0.2, 0.25) is 5.02 Å². The molecule has 1 amide bonds. The largest absolute Gasteiger partial charge is 0.474 e. The van der Waals surface area contributed by atoms with Crippen molar-refractivity contribution in [2.24, 2.45) is 11.1 Å². The van der Waals surface area contributed by atoms with Gasteiger partial charge in [-0.05, 0) is 37.4 Å². The molecule has 0 aliphatic carbocycles. The van der Waals surface area contributed by atoms with E-state index in [1.54, 1.807) is 11.8 Å². The summed E-state index contributed by atoms with van der Waals surface area (Å²) in [6.45, 7) is 5.31. The van der Waals surface area contributed by atoms with Crippen LogP contribution >= 0.6 is 11.6 Å². The van der Waals surface area contributed by atoms with Crippen LogP contribution < -0.4 is 10.5 Å². The van der Waals surface area contributed by atoms with Crippen molar-refractivity contribution in [3.05, 3.63) is 33.3 Å². The van der Waals surface area contributed by atoms with Crippen molar-refractivity contribution < 1.29 is 14.5 Å². The summed E-state index contributed by atoms with van der Waals surface area (Å²) in [7, 11) is 0. The molecule has 0 saturated carbocycles. The fourth-order valence-electron chi connectivity index (χ4n) is 2.61. The third-order valence-electron chi connectivity index (χ3n) is 4.13. The van der Waals surface area contributed by atoms with E-state index < -0.39 is 11.0 Å². The minimum absolute atomic E-state index is 0.0287. The van der Waals surface area contributed by atoms with Gasteiger partial charge in [-0.3, -0.25) is 14.9 Å². The van der Waals surface area contributed by atoms with Crippen LogP contribution in [0.1, 0.15) is 20.3 Å². The Balaban J connectivity index is 2.09. The lowest BCUT2D eigenvalue weighted by molar-refractivity contribution is -0.386. The van der Waals surface area contributed by atoms with Crippen LogP contribution in [0.3, 0.4) is 0 Å².